The van der Waals surface area contributed by atoms with Gasteiger partial charge in [-0.3, -0.25) is 4.72 Å². The standard InChI is InChI=1S/C9H17N3O2SSi/c1-16(2,3)8-7-15(13,14)12-9-10-5-4-6-11-9/h4-6H,7-8H2,1-3H3,(H,10,11,12). The van der Waals surface area contributed by atoms with Crippen molar-refractivity contribution in [2.75, 3.05) is 10.5 Å². The second-order valence-electron chi connectivity index (χ2n) is 4.80. The van der Waals surface area contributed by atoms with Gasteiger partial charge in [0.05, 0.1) is 5.75 Å². The molecule has 0 aliphatic rings. The highest BCUT2D eigenvalue weighted by Gasteiger charge is 2.19. The van der Waals surface area contributed by atoms with Crippen LogP contribution < -0.4 is 4.72 Å². The molecule has 0 bridgehead atoms. The van der Waals surface area contributed by atoms with Crippen LogP contribution >= 0.6 is 0 Å². The fraction of sp³-hybridized carbons (Fsp3) is 0.556. The summed E-state index contributed by atoms with van der Waals surface area (Å²) >= 11 is 0. The molecular formula is C9H17N3O2SSi. The van der Waals surface area contributed by atoms with Gasteiger partial charge in [-0.05, 0) is 12.1 Å². The van der Waals surface area contributed by atoms with Crippen LogP contribution in [0, 0.1) is 0 Å². The number of nitrogens with one attached hydrogen (secondary N) is 1. The average Bonchev–Trinajstić information content (AvgIpc) is 2.15. The van der Waals surface area contributed by atoms with Gasteiger partial charge in [0, 0.05) is 20.5 Å². The van der Waals surface area contributed by atoms with E-state index in [1.807, 2.05) is 0 Å². The summed E-state index contributed by atoms with van der Waals surface area (Å²) in [5.74, 6) is 0.277. The second kappa shape index (κ2) is 4.92. The van der Waals surface area contributed by atoms with Crippen LogP contribution in [0.1, 0.15) is 0 Å². The second-order valence-corrected chi connectivity index (χ2v) is 12.3. The Morgan fingerprint density at radius 2 is 1.81 bits per heavy atom. The molecule has 0 unspecified atom stereocenters. The molecule has 0 aliphatic carbocycles. The highest BCUT2D eigenvalue weighted by molar-refractivity contribution is 7.92. The molecule has 7 heteroatoms. The molecule has 0 saturated heterocycles. The molecule has 0 spiro atoms. The van der Waals surface area contributed by atoms with Crippen LogP contribution in [0.2, 0.25) is 25.7 Å². The topological polar surface area (TPSA) is 72.0 Å². The number of nitrogens with zero attached hydrogens (tertiary/aromatic N) is 2. The zero-order valence-electron chi connectivity index (χ0n) is 9.77. The molecule has 1 aromatic heterocycles. The summed E-state index contributed by atoms with van der Waals surface area (Å²) in [4.78, 5) is 7.64. The maximum atomic E-state index is 11.7. The van der Waals surface area contributed by atoms with Crippen molar-refractivity contribution >= 4 is 24.0 Å². The van der Waals surface area contributed by atoms with Crippen LogP contribution in [-0.4, -0.2) is 32.2 Å². The van der Waals surface area contributed by atoms with Gasteiger partial charge in [-0.25, -0.2) is 18.4 Å². The van der Waals surface area contributed by atoms with E-state index in [0.717, 1.165) is 6.04 Å². The smallest absolute Gasteiger partial charge is 0.236 e. The highest BCUT2D eigenvalue weighted by Crippen LogP contribution is 2.10. The van der Waals surface area contributed by atoms with E-state index < -0.39 is 18.1 Å². The first-order chi connectivity index (χ1) is 7.29. The lowest BCUT2D eigenvalue weighted by Crippen LogP contribution is -2.27. The van der Waals surface area contributed by atoms with Crippen molar-refractivity contribution in [2.24, 2.45) is 0 Å². The predicted octanol–water partition coefficient (Wildman–Crippen LogP) is 1.56. The van der Waals surface area contributed by atoms with Gasteiger partial charge in [0.25, 0.3) is 0 Å². The Labute approximate surface area is 97.4 Å². The summed E-state index contributed by atoms with van der Waals surface area (Å²) in [7, 11) is -4.65. The summed E-state index contributed by atoms with van der Waals surface area (Å²) in [6, 6.07) is 2.37. The number of hydrogen-bond acceptors (Lipinski definition) is 4. The van der Waals surface area contributed by atoms with E-state index in [4.69, 9.17) is 0 Å². The van der Waals surface area contributed by atoms with Gasteiger partial charge in [0.2, 0.25) is 16.0 Å². The Balaban J connectivity index is 2.60. The molecule has 16 heavy (non-hydrogen) atoms. The van der Waals surface area contributed by atoms with Crippen molar-refractivity contribution in [1.82, 2.24) is 9.97 Å². The van der Waals surface area contributed by atoms with Crippen LogP contribution in [0.3, 0.4) is 0 Å². The van der Waals surface area contributed by atoms with E-state index in [0.29, 0.717) is 0 Å². The molecule has 0 atom stereocenters. The number of sulfonamides is 1. The molecule has 1 aromatic rings. The van der Waals surface area contributed by atoms with E-state index in [1.165, 1.54) is 12.4 Å². The molecule has 0 radical (unpaired) electrons. The van der Waals surface area contributed by atoms with E-state index >= 15 is 0 Å². The third-order valence-corrected chi connectivity index (χ3v) is 5.28. The zero-order valence-corrected chi connectivity index (χ0v) is 11.6. The van der Waals surface area contributed by atoms with Crippen LogP contribution in [-0.2, 0) is 10.0 Å². The van der Waals surface area contributed by atoms with E-state index in [1.54, 1.807) is 6.07 Å². The van der Waals surface area contributed by atoms with Crippen LogP contribution in [0.15, 0.2) is 18.5 Å². The molecule has 90 valence electrons. The number of anilines is 1. The summed E-state index contributed by atoms with van der Waals surface area (Å²) in [6.07, 6.45) is 3.01. The maximum absolute atomic E-state index is 11.7. The lowest BCUT2D eigenvalue weighted by Gasteiger charge is -2.15. The molecule has 0 fully saturated rings. The minimum atomic E-state index is -3.31. The summed E-state index contributed by atoms with van der Waals surface area (Å²) in [5, 5.41) is 0. The lowest BCUT2D eigenvalue weighted by atomic mass is 10.7. The third-order valence-electron chi connectivity index (χ3n) is 1.93. The average molecular weight is 259 g/mol. The van der Waals surface area contributed by atoms with Gasteiger partial charge in [0.15, 0.2) is 0 Å². The summed E-state index contributed by atoms with van der Waals surface area (Å²) in [5.41, 5.74) is 0. The van der Waals surface area contributed by atoms with Crippen molar-refractivity contribution in [1.29, 1.82) is 0 Å². The maximum Gasteiger partial charge on any atom is 0.236 e. The van der Waals surface area contributed by atoms with Crippen LogP contribution in [0.4, 0.5) is 5.95 Å². The van der Waals surface area contributed by atoms with E-state index in [9.17, 15) is 8.42 Å². The zero-order chi connectivity index (χ0) is 12.2. The predicted molar refractivity (Wildman–Crippen MR) is 67.6 cm³/mol. The number of hydrogen-bond donors (Lipinski definition) is 1. The first kappa shape index (κ1) is 13.1. The molecule has 0 saturated carbocycles. The Kier molecular flexibility index (Phi) is 4.03. The molecule has 1 N–H and O–H groups in total. The minimum Gasteiger partial charge on any atom is -0.251 e. The fourth-order valence-electron chi connectivity index (χ4n) is 0.982. The molecular weight excluding hydrogens is 242 g/mol. The quantitative estimate of drug-likeness (QED) is 0.814. The SMILES string of the molecule is C[Si](C)(C)CCS(=O)(=O)Nc1ncccn1. The van der Waals surface area contributed by atoms with E-state index in [2.05, 4.69) is 34.3 Å². The van der Waals surface area contributed by atoms with Gasteiger partial charge in [0.1, 0.15) is 0 Å². The van der Waals surface area contributed by atoms with Crippen molar-refractivity contribution in [3.8, 4) is 0 Å². The summed E-state index contributed by atoms with van der Waals surface area (Å²) < 4.78 is 25.7. The van der Waals surface area contributed by atoms with Gasteiger partial charge in [-0.2, -0.15) is 0 Å². The van der Waals surface area contributed by atoms with Crippen molar-refractivity contribution in [3.63, 3.8) is 0 Å². The fourth-order valence-corrected chi connectivity index (χ4v) is 4.99. The van der Waals surface area contributed by atoms with Gasteiger partial charge in [-0.15, -0.1) is 0 Å². The summed E-state index contributed by atoms with van der Waals surface area (Å²) in [6.45, 7) is 6.42. The van der Waals surface area contributed by atoms with Crippen molar-refractivity contribution in [3.05, 3.63) is 18.5 Å². The third kappa shape index (κ3) is 5.22. The highest BCUT2D eigenvalue weighted by atomic mass is 32.2. The molecule has 1 rings (SSSR count). The first-order valence-electron chi connectivity index (χ1n) is 5.06. The molecule has 5 nitrogen and oxygen atoms in total. The molecule has 0 amide bonds. The van der Waals surface area contributed by atoms with Crippen molar-refractivity contribution < 1.29 is 8.42 Å². The number of aromatic nitrogens is 2. The molecule has 0 aliphatic heterocycles. The Morgan fingerprint density at radius 1 is 1.25 bits per heavy atom. The first-order valence-corrected chi connectivity index (χ1v) is 10.4. The van der Waals surface area contributed by atoms with Crippen LogP contribution in [0.5, 0.6) is 0 Å². The largest absolute Gasteiger partial charge is 0.251 e. The number of rotatable bonds is 5. The van der Waals surface area contributed by atoms with Crippen LogP contribution in [0.25, 0.3) is 0 Å². The minimum absolute atomic E-state index is 0.137. The Bertz CT molecular complexity index is 428. The molecule has 1 heterocycles. The van der Waals surface area contributed by atoms with Gasteiger partial charge in [-0.1, -0.05) is 19.6 Å². The lowest BCUT2D eigenvalue weighted by molar-refractivity contribution is 0.601. The normalized spacial score (nSPS) is 12.4. The Hall–Kier alpha value is -0.953. The monoisotopic (exact) mass is 259 g/mol. The van der Waals surface area contributed by atoms with Gasteiger partial charge >= 0.3 is 0 Å². The Morgan fingerprint density at radius 3 is 2.31 bits per heavy atom. The van der Waals surface area contributed by atoms with Crippen molar-refractivity contribution in [2.45, 2.75) is 25.7 Å². The molecule has 0 aromatic carbocycles. The van der Waals surface area contributed by atoms with Gasteiger partial charge < -0.3 is 0 Å². The van der Waals surface area contributed by atoms with E-state index in [-0.39, 0.29) is 11.7 Å².